The number of nitrogens with two attached hydrogens (primary N) is 2. The molecule has 7 unspecified atom stereocenters. The van der Waals surface area contributed by atoms with Gasteiger partial charge in [0.2, 0.25) is 5.91 Å². The van der Waals surface area contributed by atoms with Gasteiger partial charge < -0.3 is 46.7 Å². The lowest BCUT2D eigenvalue weighted by Gasteiger charge is -2.50. The zero-order valence-corrected chi connectivity index (χ0v) is 26.8. The number of aromatic hydroxyl groups is 2. The van der Waals surface area contributed by atoms with Crippen molar-refractivity contribution < 1.29 is 44.3 Å². The number of hydrogen-bond donors (Lipinski definition) is 7. The van der Waals surface area contributed by atoms with Crippen LogP contribution in [-0.2, 0) is 20.7 Å². The molecule has 0 aliphatic heterocycles. The van der Waals surface area contributed by atoms with Crippen LogP contribution in [0.1, 0.15) is 92.1 Å². The van der Waals surface area contributed by atoms with Crippen LogP contribution in [0.5, 0.6) is 17.2 Å². The number of anilines is 1. The van der Waals surface area contributed by atoms with E-state index in [0.717, 1.165) is 38.5 Å². The number of primary amides is 1. The van der Waals surface area contributed by atoms with E-state index in [-0.39, 0.29) is 54.5 Å². The summed E-state index contributed by atoms with van der Waals surface area (Å²) in [4.78, 5) is 36.3. The monoisotopic (exact) mass is 653 g/mol. The van der Waals surface area contributed by atoms with Crippen LogP contribution in [0.2, 0.25) is 0 Å². The maximum absolute atomic E-state index is 12.4. The number of aryl methyl sites for hydroxylation is 1. The number of nitrogen functional groups attached to an aromatic ring is 1. The molecule has 0 radical (unpaired) electrons. The second-order valence-corrected chi connectivity index (χ2v) is 13.6. The Bertz CT molecular complexity index is 1480. The van der Waals surface area contributed by atoms with E-state index in [9.17, 15) is 34.8 Å². The van der Waals surface area contributed by atoms with Crippen LogP contribution in [-0.4, -0.2) is 69.7 Å². The van der Waals surface area contributed by atoms with E-state index in [1.165, 1.54) is 23.3 Å². The van der Waals surface area contributed by atoms with Crippen LogP contribution in [0.25, 0.3) is 0 Å². The summed E-state index contributed by atoms with van der Waals surface area (Å²) in [6.45, 7) is 3.10. The molecule has 9 N–H and O–H groups in total. The highest BCUT2D eigenvalue weighted by Crippen LogP contribution is 2.61. The van der Waals surface area contributed by atoms with Crippen LogP contribution < -0.4 is 21.5 Å². The SMILES string of the molecule is CC12CCC3c4ccc(O)cc4CCC3C1CCC2OCCNC(=O)CCC(O)C(O)CCC(=O)Oc1ccc(N)c(O)c1C(N)=O. The summed E-state index contributed by atoms with van der Waals surface area (Å²) in [7, 11) is 0. The van der Waals surface area contributed by atoms with Crippen LogP contribution in [0.15, 0.2) is 30.3 Å². The minimum absolute atomic E-state index is 0.00571. The van der Waals surface area contributed by atoms with Crippen molar-refractivity contribution in [1.82, 2.24) is 5.32 Å². The predicted octanol–water partition coefficient (Wildman–Crippen LogP) is 3.02. The standard InChI is InChI=1S/C35H47N3O9/c1-35-15-14-22-21-5-3-20(39)18-19(21)2-4-23(22)24(35)6-11-29(35)46-17-16-38-30(42)12-8-26(40)27(41)9-13-31(43)47-28-10-7-25(36)33(44)32(28)34(37)45/h3,5,7,10,18,22-24,26-27,29,39-41,44H,2,4,6,8-9,11-17,36H2,1H3,(H2,37,45)(H,38,42). The third kappa shape index (κ3) is 7.50. The van der Waals surface area contributed by atoms with E-state index in [1.54, 1.807) is 0 Å². The smallest absolute Gasteiger partial charge is 0.311 e. The fourth-order valence-electron chi connectivity index (χ4n) is 8.29. The molecule has 0 saturated heterocycles. The zero-order chi connectivity index (χ0) is 33.9. The Hall–Kier alpha value is -3.87. The normalized spacial score (nSPS) is 25.9. The van der Waals surface area contributed by atoms with E-state index in [2.05, 4.69) is 18.3 Å². The number of fused-ring (bicyclic) bond motifs is 5. The molecule has 0 heterocycles. The highest BCUT2D eigenvalue weighted by Gasteiger charge is 2.55. The van der Waals surface area contributed by atoms with E-state index in [0.29, 0.717) is 36.7 Å². The molecule has 3 aliphatic rings. The van der Waals surface area contributed by atoms with E-state index in [1.807, 2.05) is 12.1 Å². The second kappa shape index (κ2) is 14.5. The summed E-state index contributed by atoms with van der Waals surface area (Å²) in [5.41, 5.74) is 13.1. The summed E-state index contributed by atoms with van der Waals surface area (Å²) in [6.07, 6.45) is 3.64. The van der Waals surface area contributed by atoms with Crippen molar-refractivity contribution in [3.63, 3.8) is 0 Å². The fraction of sp³-hybridized carbons (Fsp3) is 0.571. The Morgan fingerprint density at radius 3 is 2.51 bits per heavy atom. The highest BCUT2D eigenvalue weighted by molar-refractivity contribution is 6.00. The van der Waals surface area contributed by atoms with Crippen molar-refractivity contribution >= 4 is 23.5 Å². The number of aliphatic hydroxyl groups is 2. The fourth-order valence-corrected chi connectivity index (χ4v) is 8.29. The third-order valence-corrected chi connectivity index (χ3v) is 10.8. The number of carbonyl (C=O) groups is 3. The molecule has 0 bridgehead atoms. The lowest BCUT2D eigenvalue weighted by atomic mass is 9.55. The molecule has 12 heteroatoms. The number of phenolic OH excluding ortho intramolecular Hbond substituents is 1. The summed E-state index contributed by atoms with van der Waals surface area (Å²) in [5.74, 6) is -0.883. The second-order valence-electron chi connectivity index (χ2n) is 13.6. The topological polar surface area (TPSA) is 215 Å². The minimum atomic E-state index is -1.29. The number of phenols is 2. The molecule has 0 spiro atoms. The number of amides is 2. The predicted molar refractivity (Wildman–Crippen MR) is 173 cm³/mol. The number of hydrogen-bond acceptors (Lipinski definition) is 10. The van der Waals surface area contributed by atoms with Crippen molar-refractivity contribution in [2.75, 3.05) is 18.9 Å². The first kappa shape index (κ1) is 34.5. The van der Waals surface area contributed by atoms with Gasteiger partial charge in [-0.1, -0.05) is 13.0 Å². The molecular formula is C35H47N3O9. The van der Waals surface area contributed by atoms with Gasteiger partial charge in [0.1, 0.15) is 17.1 Å². The Kier molecular flexibility index (Phi) is 10.6. The number of esters is 1. The van der Waals surface area contributed by atoms with E-state index >= 15 is 0 Å². The van der Waals surface area contributed by atoms with Gasteiger partial charge >= 0.3 is 5.97 Å². The molecule has 256 valence electrons. The molecule has 2 saturated carbocycles. The number of aliphatic hydroxyl groups excluding tert-OH is 2. The number of rotatable bonds is 13. The van der Waals surface area contributed by atoms with Gasteiger partial charge in [0.25, 0.3) is 5.91 Å². The molecule has 5 rings (SSSR count). The Morgan fingerprint density at radius 1 is 1.02 bits per heavy atom. The first-order chi connectivity index (χ1) is 22.4. The molecule has 7 atom stereocenters. The molecule has 2 aromatic rings. The molecule has 0 aromatic heterocycles. The molecule has 2 aromatic carbocycles. The zero-order valence-electron chi connectivity index (χ0n) is 26.8. The number of nitrogens with one attached hydrogen (secondary N) is 1. The van der Waals surface area contributed by atoms with Gasteiger partial charge in [-0.05, 0) is 110 Å². The Morgan fingerprint density at radius 2 is 1.77 bits per heavy atom. The lowest BCUT2D eigenvalue weighted by Crippen LogP contribution is -2.45. The third-order valence-electron chi connectivity index (χ3n) is 10.8. The molecule has 3 aliphatic carbocycles. The quantitative estimate of drug-likeness (QED) is 0.0551. The average Bonchev–Trinajstić information content (AvgIpc) is 3.38. The minimum Gasteiger partial charge on any atom is -0.508 e. The number of ether oxygens (including phenoxy) is 2. The van der Waals surface area contributed by atoms with Crippen LogP contribution in [0.3, 0.4) is 0 Å². The van der Waals surface area contributed by atoms with E-state index < -0.39 is 35.4 Å². The molecule has 2 fully saturated rings. The van der Waals surface area contributed by atoms with Gasteiger partial charge in [0, 0.05) is 19.4 Å². The summed E-state index contributed by atoms with van der Waals surface area (Å²) in [5, 5.41) is 43.4. The van der Waals surface area contributed by atoms with Crippen molar-refractivity contribution in [3.05, 3.63) is 47.0 Å². The molecule has 12 nitrogen and oxygen atoms in total. The van der Waals surface area contributed by atoms with Crippen molar-refractivity contribution in [2.24, 2.45) is 23.0 Å². The van der Waals surface area contributed by atoms with E-state index in [4.69, 9.17) is 20.9 Å². The summed E-state index contributed by atoms with van der Waals surface area (Å²) >= 11 is 0. The first-order valence-corrected chi connectivity index (χ1v) is 16.6. The van der Waals surface area contributed by atoms with Crippen LogP contribution in [0, 0.1) is 17.3 Å². The molecular weight excluding hydrogens is 606 g/mol. The van der Waals surface area contributed by atoms with Gasteiger partial charge in [-0.15, -0.1) is 0 Å². The van der Waals surface area contributed by atoms with Gasteiger partial charge in [-0.25, -0.2) is 0 Å². The van der Waals surface area contributed by atoms with Gasteiger partial charge in [0.05, 0.1) is 30.6 Å². The average molecular weight is 654 g/mol. The van der Waals surface area contributed by atoms with Gasteiger partial charge in [-0.3, -0.25) is 14.4 Å². The Labute approximate surface area is 274 Å². The van der Waals surface area contributed by atoms with Crippen molar-refractivity contribution in [2.45, 2.75) is 95.4 Å². The van der Waals surface area contributed by atoms with Gasteiger partial charge in [-0.2, -0.15) is 0 Å². The van der Waals surface area contributed by atoms with Crippen LogP contribution >= 0.6 is 0 Å². The first-order valence-electron chi connectivity index (χ1n) is 16.6. The van der Waals surface area contributed by atoms with Crippen molar-refractivity contribution in [3.8, 4) is 17.2 Å². The molecule has 47 heavy (non-hydrogen) atoms. The molecule has 2 amide bonds. The number of carbonyl (C=O) groups excluding carboxylic acids is 3. The summed E-state index contributed by atoms with van der Waals surface area (Å²) < 4.78 is 11.5. The van der Waals surface area contributed by atoms with Crippen LogP contribution in [0.4, 0.5) is 5.69 Å². The largest absolute Gasteiger partial charge is 0.508 e. The summed E-state index contributed by atoms with van der Waals surface area (Å²) in [6, 6.07) is 8.33. The highest BCUT2D eigenvalue weighted by atomic mass is 16.5. The maximum atomic E-state index is 12.4. The number of benzene rings is 2. The maximum Gasteiger partial charge on any atom is 0.311 e. The van der Waals surface area contributed by atoms with Gasteiger partial charge in [0.15, 0.2) is 5.75 Å². The lowest BCUT2D eigenvalue weighted by molar-refractivity contribution is -0.135. The Balaban J connectivity index is 0.993. The van der Waals surface area contributed by atoms with Crippen molar-refractivity contribution in [1.29, 1.82) is 0 Å².